The van der Waals surface area contributed by atoms with Crippen LogP contribution in [-0.2, 0) is 0 Å². The second-order valence-electron chi connectivity index (χ2n) is 6.47. The molecule has 7 nitrogen and oxygen atoms in total. The Morgan fingerprint density at radius 2 is 1.80 bits per heavy atom. The van der Waals surface area contributed by atoms with E-state index in [9.17, 15) is 4.79 Å². The quantitative estimate of drug-likeness (QED) is 0.347. The summed E-state index contributed by atoms with van der Waals surface area (Å²) in [6.07, 6.45) is 1.72. The minimum absolute atomic E-state index is 0.0275. The normalized spacial score (nSPS) is 12.1. The molecule has 2 aromatic heterocycles. The summed E-state index contributed by atoms with van der Waals surface area (Å²) in [6.45, 7) is 0.179. The van der Waals surface area contributed by atoms with Gasteiger partial charge in [-0.3, -0.25) is 14.3 Å². The van der Waals surface area contributed by atoms with Gasteiger partial charge in [-0.25, -0.2) is 0 Å². The van der Waals surface area contributed by atoms with Crippen molar-refractivity contribution in [2.24, 2.45) is 0 Å². The van der Waals surface area contributed by atoms with Gasteiger partial charge in [-0.1, -0.05) is 36.0 Å². The zero-order chi connectivity index (χ0) is 20.3. The van der Waals surface area contributed by atoms with E-state index in [1.165, 1.54) is 11.8 Å². The van der Waals surface area contributed by atoms with Gasteiger partial charge in [0.15, 0.2) is 28.3 Å². The number of hydrogen-bond donors (Lipinski definition) is 0. The Morgan fingerprint density at radius 1 is 0.967 bits per heavy atom. The number of carbonyl (C=O) groups excluding carboxylic acids is 1. The highest BCUT2D eigenvalue weighted by Crippen LogP contribution is 2.33. The second-order valence-corrected chi connectivity index (χ2v) is 7.41. The number of ketones is 1. The number of hydrogen-bond acceptors (Lipinski definition) is 7. The summed E-state index contributed by atoms with van der Waals surface area (Å²) in [5.41, 5.74) is 2.19. The van der Waals surface area contributed by atoms with Crippen LogP contribution in [0.3, 0.4) is 0 Å². The number of nitrogens with zero attached hydrogens (tertiary/aromatic N) is 4. The van der Waals surface area contributed by atoms with Crippen molar-refractivity contribution in [3.8, 4) is 28.7 Å². The lowest BCUT2D eigenvalue weighted by molar-refractivity contribution is 0.102. The van der Waals surface area contributed by atoms with Crippen LogP contribution in [0.5, 0.6) is 11.5 Å². The number of pyridine rings is 1. The molecule has 0 saturated carbocycles. The third-order valence-electron chi connectivity index (χ3n) is 4.57. The molecule has 0 saturated heterocycles. The summed E-state index contributed by atoms with van der Waals surface area (Å²) in [6, 6.07) is 20.7. The van der Waals surface area contributed by atoms with Crippen LogP contribution in [0.15, 0.2) is 78.1 Å². The van der Waals surface area contributed by atoms with Gasteiger partial charge in [-0.2, -0.15) is 0 Å². The minimum atomic E-state index is -0.0275. The Kier molecular flexibility index (Phi) is 4.90. The Labute approximate surface area is 176 Å². The number of thioether (sulfide) groups is 1. The van der Waals surface area contributed by atoms with E-state index in [2.05, 4.69) is 15.2 Å². The molecule has 1 aliphatic rings. The molecule has 148 valence electrons. The average Bonchev–Trinajstić information content (AvgIpc) is 3.45. The van der Waals surface area contributed by atoms with Crippen molar-refractivity contribution in [3.63, 3.8) is 0 Å². The maximum absolute atomic E-state index is 12.8. The number of rotatable bonds is 6. The zero-order valence-electron chi connectivity index (χ0n) is 15.8. The maximum atomic E-state index is 12.8. The van der Waals surface area contributed by atoms with E-state index in [0.717, 1.165) is 5.69 Å². The molecule has 0 spiro atoms. The minimum Gasteiger partial charge on any atom is -0.454 e. The summed E-state index contributed by atoms with van der Waals surface area (Å²) in [5.74, 6) is 2.06. The first-order chi connectivity index (χ1) is 14.8. The fourth-order valence-electron chi connectivity index (χ4n) is 3.12. The number of aromatic nitrogens is 4. The first-order valence-corrected chi connectivity index (χ1v) is 10.3. The lowest BCUT2D eigenvalue weighted by Crippen LogP contribution is -2.05. The number of Topliss-reactive ketones (excluding diaryl/α,β-unsaturated/α-hetero) is 1. The first-order valence-electron chi connectivity index (χ1n) is 9.27. The van der Waals surface area contributed by atoms with Gasteiger partial charge in [0.2, 0.25) is 6.79 Å². The van der Waals surface area contributed by atoms with Crippen molar-refractivity contribution in [2.45, 2.75) is 5.16 Å². The van der Waals surface area contributed by atoms with Crippen molar-refractivity contribution in [1.29, 1.82) is 0 Å². The smallest absolute Gasteiger partial charge is 0.231 e. The summed E-state index contributed by atoms with van der Waals surface area (Å²) in [4.78, 5) is 17.2. The molecule has 3 heterocycles. The molecule has 4 aromatic rings. The van der Waals surface area contributed by atoms with Crippen molar-refractivity contribution in [1.82, 2.24) is 19.7 Å². The van der Waals surface area contributed by atoms with Gasteiger partial charge < -0.3 is 9.47 Å². The standard InChI is InChI=1S/C22H16N4O3S/c27-18(15-9-10-19-20(12-15)29-14-28-19)13-30-22-25-24-21(17-8-4-5-11-23-17)26(22)16-6-2-1-3-7-16/h1-12H,13-14H2. The van der Waals surface area contributed by atoms with E-state index < -0.39 is 0 Å². The molecule has 0 fully saturated rings. The van der Waals surface area contributed by atoms with Gasteiger partial charge in [0.1, 0.15) is 5.69 Å². The van der Waals surface area contributed by atoms with Crippen LogP contribution in [0.25, 0.3) is 17.2 Å². The van der Waals surface area contributed by atoms with E-state index in [4.69, 9.17) is 9.47 Å². The largest absolute Gasteiger partial charge is 0.454 e. The van der Waals surface area contributed by atoms with Gasteiger partial charge in [-0.05, 0) is 42.5 Å². The highest BCUT2D eigenvalue weighted by molar-refractivity contribution is 7.99. The number of ether oxygens (including phenoxy) is 2. The molecule has 5 rings (SSSR count). The van der Waals surface area contributed by atoms with Gasteiger partial charge in [0.05, 0.1) is 5.75 Å². The van der Waals surface area contributed by atoms with Gasteiger partial charge in [0, 0.05) is 17.4 Å². The van der Waals surface area contributed by atoms with E-state index in [0.29, 0.717) is 33.7 Å². The van der Waals surface area contributed by atoms with Crippen molar-refractivity contribution >= 4 is 17.5 Å². The Hall–Kier alpha value is -3.65. The third kappa shape index (κ3) is 3.53. The number of fused-ring (bicyclic) bond motifs is 1. The topological polar surface area (TPSA) is 79.1 Å². The monoisotopic (exact) mass is 416 g/mol. The Morgan fingerprint density at radius 3 is 2.63 bits per heavy atom. The first kappa shape index (κ1) is 18.4. The molecule has 0 atom stereocenters. The van der Waals surface area contributed by atoms with Crippen molar-refractivity contribution < 1.29 is 14.3 Å². The predicted octanol–water partition coefficient (Wildman–Crippen LogP) is 4.03. The Balaban J connectivity index is 1.43. The van der Waals surface area contributed by atoms with Crippen LogP contribution in [0.1, 0.15) is 10.4 Å². The van der Waals surface area contributed by atoms with E-state index >= 15 is 0 Å². The van der Waals surface area contributed by atoms with Crippen molar-refractivity contribution in [2.75, 3.05) is 12.5 Å². The number of para-hydroxylation sites is 1. The van der Waals surface area contributed by atoms with Gasteiger partial charge in [0.25, 0.3) is 0 Å². The van der Waals surface area contributed by atoms with Crippen LogP contribution in [0.2, 0.25) is 0 Å². The summed E-state index contributed by atoms with van der Waals surface area (Å²) < 4.78 is 12.6. The third-order valence-corrected chi connectivity index (χ3v) is 5.50. The molecule has 8 heteroatoms. The van der Waals surface area contributed by atoms with Crippen LogP contribution < -0.4 is 9.47 Å². The van der Waals surface area contributed by atoms with E-state index in [1.807, 2.05) is 53.1 Å². The lowest BCUT2D eigenvalue weighted by Gasteiger charge is -2.09. The highest BCUT2D eigenvalue weighted by Gasteiger charge is 2.20. The zero-order valence-corrected chi connectivity index (χ0v) is 16.6. The van der Waals surface area contributed by atoms with Gasteiger partial charge in [-0.15, -0.1) is 10.2 Å². The SMILES string of the molecule is O=C(CSc1nnc(-c2ccccn2)n1-c1ccccc1)c1ccc2c(c1)OCO2. The summed E-state index contributed by atoms with van der Waals surface area (Å²) in [5, 5.41) is 9.30. The second kappa shape index (κ2) is 8.00. The molecule has 0 N–H and O–H groups in total. The highest BCUT2D eigenvalue weighted by atomic mass is 32.2. The number of carbonyl (C=O) groups is 1. The summed E-state index contributed by atoms with van der Waals surface area (Å²) in [7, 11) is 0. The molecule has 2 aromatic carbocycles. The summed E-state index contributed by atoms with van der Waals surface area (Å²) >= 11 is 1.33. The van der Waals surface area contributed by atoms with Crippen LogP contribution in [-0.4, -0.2) is 38.1 Å². The van der Waals surface area contributed by atoms with Crippen LogP contribution >= 0.6 is 11.8 Å². The molecule has 0 radical (unpaired) electrons. The van der Waals surface area contributed by atoms with E-state index in [1.54, 1.807) is 24.4 Å². The lowest BCUT2D eigenvalue weighted by atomic mass is 10.1. The maximum Gasteiger partial charge on any atom is 0.231 e. The molecule has 0 bridgehead atoms. The van der Waals surface area contributed by atoms with Gasteiger partial charge >= 0.3 is 0 Å². The number of benzene rings is 2. The van der Waals surface area contributed by atoms with E-state index in [-0.39, 0.29) is 18.3 Å². The fourth-order valence-corrected chi connectivity index (χ4v) is 3.96. The average molecular weight is 416 g/mol. The van der Waals surface area contributed by atoms with Crippen LogP contribution in [0.4, 0.5) is 0 Å². The molecule has 1 aliphatic heterocycles. The molecule has 0 amide bonds. The molecule has 30 heavy (non-hydrogen) atoms. The molecule has 0 aliphatic carbocycles. The Bertz CT molecular complexity index is 1200. The van der Waals surface area contributed by atoms with Crippen molar-refractivity contribution in [3.05, 3.63) is 78.5 Å². The fraction of sp³-hybridized carbons (Fsp3) is 0.0909. The molecular formula is C22H16N4O3S. The molecule has 0 unspecified atom stereocenters. The predicted molar refractivity (Wildman–Crippen MR) is 112 cm³/mol. The molecular weight excluding hydrogens is 400 g/mol. The van der Waals surface area contributed by atoms with Crippen LogP contribution in [0, 0.1) is 0 Å².